The molecule has 0 aromatic heterocycles. The average molecular weight is 226 g/mol. The van der Waals surface area contributed by atoms with Crippen molar-refractivity contribution < 1.29 is 9.47 Å². The van der Waals surface area contributed by atoms with Crippen molar-refractivity contribution in [2.75, 3.05) is 13.2 Å². The Kier molecular flexibility index (Phi) is 4.66. The van der Waals surface area contributed by atoms with Crippen LogP contribution in [0, 0.1) is 11.8 Å². The van der Waals surface area contributed by atoms with E-state index in [-0.39, 0.29) is 0 Å². The summed E-state index contributed by atoms with van der Waals surface area (Å²) in [6.07, 6.45) is 8.83. The first-order valence-electron chi connectivity index (χ1n) is 7.04. The predicted octanol–water partition coefficient (Wildman–Crippen LogP) is 3.40. The number of hydrogen-bond donors (Lipinski definition) is 0. The van der Waals surface area contributed by atoms with Gasteiger partial charge in [-0.3, -0.25) is 0 Å². The highest BCUT2D eigenvalue weighted by molar-refractivity contribution is 4.93. The molecule has 4 atom stereocenters. The highest BCUT2D eigenvalue weighted by Gasteiger charge is 2.45. The maximum atomic E-state index is 5.81. The van der Waals surface area contributed by atoms with Gasteiger partial charge in [-0.1, -0.05) is 33.1 Å². The Labute approximate surface area is 99.7 Å². The molecule has 3 rings (SSSR count). The minimum Gasteiger partial charge on any atom is -0.381 e. The molecule has 1 aliphatic carbocycles. The second-order valence-electron chi connectivity index (χ2n) is 5.54. The van der Waals surface area contributed by atoms with E-state index in [1.54, 1.807) is 0 Å². The van der Waals surface area contributed by atoms with Gasteiger partial charge in [-0.25, -0.2) is 0 Å². The summed E-state index contributed by atoms with van der Waals surface area (Å²) in [5, 5.41) is 0. The van der Waals surface area contributed by atoms with Gasteiger partial charge >= 0.3 is 0 Å². The summed E-state index contributed by atoms with van der Waals surface area (Å²) >= 11 is 0. The predicted molar refractivity (Wildman–Crippen MR) is 65.5 cm³/mol. The fourth-order valence-electron chi connectivity index (χ4n) is 3.00. The molecule has 94 valence electrons. The molecule has 0 spiro atoms. The fourth-order valence-corrected chi connectivity index (χ4v) is 3.00. The van der Waals surface area contributed by atoms with E-state index in [0.29, 0.717) is 18.1 Å². The Morgan fingerprint density at radius 3 is 2.69 bits per heavy atom. The van der Waals surface area contributed by atoms with Crippen molar-refractivity contribution in [2.24, 2.45) is 11.8 Å². The van der Waals surface area contributed by atoms with Crippen molar-refractivity contribution in [3.63, 3.8) is 0 Å². The first kappa shape index (κ1) is 12.4. The van der Waals surface area contributed by atoms with Crippen molar-refractivity contribution in [3.8, 4) is 0 Å². The zero-order chi connectivity index (χ0) is 11.4. The number of ether oxygens (including phenoxy) is 2. The maximum Gasteiger partial charge on any atom is 0.0656 e. The van der Waals surface area contributed by atoms with Crippen LogP contribution in [0.25, 0.3) is 0 Å². The van der Waals surface area contributed by atoms with E-state index >= 15 is 0 Å². The van der Waals surface area contributed by atoms with Crippen molar-refractivity contribution in [2.45, 2.75) is 64.6 Å². The van der Waals surface area contributed by atoms with Gasteiger partial charge in [0.05, 0.1) is 18.8 Å². The molecule has 2 aliphatic heterocycles. The summed E-state index contributed by atoms with van der Waals surface area (Å²) in [4.78, 5) is 0. The Hall–Kier alpha value is -0.0800. The molecule has 0 radical (unpaired) electrons. The van der Waals surface area contributed by atoms with E-state index in [0.717, 1.165) is 19.1 Å². The summed E-state index contributed by atoms with van der Waals surface area (Å²) < 4.78 is 11.6. The molecule has 2 saturated heterocycles. The van der Waals surface area contributed by atoms with Gasteiger partial charge in [0.15, 0.2) is 0 Å². The van der Waals surface area contributed by atoms with Crippen LogP contribution in [-0.2, 0) is 9.47 Å². The van der Waals surface area contributed by atoms with Gasteiger partial charge in [0.2, 0.25) is 0 Å². The van der Waals surface area contributed by atoms with E-state index in [4.69, 9.17) is 9.47 Å². The second kappa shape index (κ2) is 6.02. The number of unbranched alkanes of at least 4 members (excludes halogenated alkanes) is 3. The third kappa shape index (κ3) is 2.98. The summed E-state index contributed by atoms with van der Waals surface area (Å²) in [5.41, 5.74) is 0. The van der Waals surface area contributed by atoms with Gasteiger partial charge in [0, 0.05) is 18.9 Å². The number of fused-ring (bicyclic) bond motifs is 2. The number of rotatable bonds is 7. The minimum absolute atomic E-state index is 0.518. The van der Waals surface area contributed by atoms with Crippen molar-refractivity contribution in [1.29, 1.82) is 0 Å². The van der Waals surface area contributed by atoms with Crippen LogP contribution in [0.1, 0.15) is 52.4 Å². The molecule has 3 aliphatic rings. The summed E-state index contributed by atoms with van der Waals surface area (Å²) in [7, 11) is 0. The summed E-state index contributed by atoms with van der Waals surface area (Å²) in [5.74, 6) is 1.46. The molecular formula is C14H26O2. The summed E-state index contributed by atoms with van der Waals surface area (Å²) in [6, 6.07) is 0. The topological polar surface area (TPSA) is 18.5 Å². The second-order valence-corrected chi connectivity index (χ2v) is 5.54. The van der Waals surface area contributed by atoms with Crippen LogP contribution in [-0.4, -0.2) is 25.4 Å². The standard InChI is InChI=1S/C14H26O2/c1-3-4-5-6-7-15-10-13-11(2)8-12-9-14(13)16-12/h11-14H,3-10H2,1-2H3. The van der Waals surface area contributed by atoms with Crippen LogP contribution >= 0.6 is 0 Å². The third-order valence-corrected chi connectivity index (χ3v) is 4.16. The van der Waals surface area contributed by atoms with Gasteiger partial charge in [-0.05, 0) is 18.8 Å². The fraction of sp³-hybridized carbons (Fsp3) is 1.00. The van der Waals surface area contributed by atoms with Gasteiger partial charge in [0.25, 0.3) is 0 Å². The zero-order valence-electron chi connectivity index (χ0n) is 10.8. The molecule has 4 unspecified atom stereocenters. The Morgan fingerprint density at radius 1 is 1.19 bits per heavy atom. The maximum absolute atomic E-state index is 5.81. The molecule has 0 aromatic rings. The monoisotopic (exact) mass is 226 g/mol. The van der Waals surface area contributed by atoms with Crippen LogP contribution in [0.2, 0.25) is 0 Å². The Bertz CT molecular complexity index is 197. The third-order valence-electron chi connectivity index (χ3n) is 4.16. The van der Waals surface area contributed by atoms with Gasteiger partial charge in [0.1, 0.15) is 0 Å². The highest BCUT2D eigenvalue weighted by Crippen LogP contribution is 2.42. The van der Waals surface area contributed by atoms with Gasteiger partial charge in [-0.15, -0.1) is 0 Å². The molecule has 2 bridgehead atoms. The number of hydrogen-bond acceptors (Lipinski definition) is 2. The molecule has 2 heterocycles. The van der Waals surface area contributed by atoms with Crippen molar-refractivity contribution in [3.05, 3.63) is 0 Å². The van der Waals surface area contributed by atoms with Gasteiger partial charge in [-0.2, -0.15) is 0 Å². The van der Waals surface area contributed by atoms with Crippen molar-refractivity contribution >= 4 is 0 Å². The molecule has 0 aromatic carbocycles. The average Bonchev–Trinajstić information content (AvgIpc) is 2.23. The van der Waals surface area contributed by atoms with Crippen LogP contribution in [0.3, 0.4) is 0 Å². The first-order valence-corrected chi connectivity index (χ1v) is 7.04. The molecular weight excluding hydrogens is 200 g/mol. The van der Waals surface area contributed by atoms with E-state index in [1.807, 2.05) is 0 Å². The quantitative estimate of drug-likeness (QED) is 0.619. The Morgan fingerprint density at radius 2 is 2.00 bits per heavy atom. The molecule has 16 heavy (non-hydrogen) atoms. The van der Waals surface area contributed by atoms with E-state index in [1.165, 1.54) is 38.5 Å². The molecule has 3 fully saturated rings. The normalized spacial score (nSPS) is 37.1. The SMILES string of the molecule is CCCCCCOCC1C(C)CC2CC1O2. The van der Waals surface area contributed by atoms with E-state index in [9.17, 15) is 0 Å². The van der Waals surface area contributed by atoms with Gasteiger partial charge < -0.3 is 9.47 Å². The highest BCUT2D eigenvalue weighted by atomic mass is 16.5. The molecule has 2 heteroatoms. The van der Waals surface area contributed by atoms with Crippen LogP contribution < -0.4 is 0 Å². The summed E-state index contributed by atoms with van der Waals surface area (Å²) in [6.45, 7) is 6.46. The largest absolute Gasteiger partial charge is 0.381 e. The lowest BCUT2D eigenvalue weighted by Gasteiger charge is -2.49. The molecule has 1 saturated carbocycles. The van der Waals surface area contributed by atoms with E-state index < -0.39 is 0 Å². The zero-order valence-corrected chi connectivity index (χ0v) is 10.8. The molecule has 2 nitrogen and oxygen atoms in total. The van der Waals surface area contributed by atoms with Crippen molar-refractivity contribution in [1.82, 2.24) is 0 Å². The van der Waals surface area contributed by atoms with E-state index in [2.05, 4.69) is 13.8 Å². The molecule has 0 N–H and O–H groups in total. The minimum atomic E-state index is 0.518. The lowest BCUT2D eigenvalue weighted by Crippen LogP contribution is -2.52. The van der Waals surface area contributed by atoms with Crippen LogP contribution in [0.15, 0.2) is 0 Å². The van der Waals surface area contributed by atoms with Crippen LogP contribution in [0.4, 0.5) is 0 Å². The smallest absolute Gasteiger partial charge is 0.0656 e. The lowest BCUT2D eigenvalue weighted by atomic mass is 9.73. The molecule has 0 amide bonds. The Balaban J connectivity index is 1.55. The van der Waals surface area contributed by atoms with Crippen LogP contribution in [0.5, 0.6) is 0 Å². The first-order chi connectivity index (χ1) is 7.81. The lowest BCUT2D eigenvalue weighted by molar-refractivity contribution is -0.213.